The van der Waals surface area contributed by atoms with E-state index in [2.05, 4.69) is 9.97 Å². The number of hydrogen-bond donors (Lipinski definition) is 0. The van der Waals surface area contributed by atoms with Gasteiger partial charge in [-0.3, -0.25) is 4.79 Å². The van der Waals surface area contributed by atoms with Crippen molar-refractivity contribution in [2.24, 2.45) is 0 Å². The topological polar surface area (TPSA) is 64.5 Å². The molecule has 0 radical (unpaired) electrons. The standard InChI is InChI=1S/C19H16ClN3O3/c20-14-5-6-17-13(9-14)10-23(7-8-25-17)18(24)11-26-19-15-3-1-2-4-16(15)21-12-22-19/h1-6,9,12H,7-8,10-11H2. The minimum atomic E-state index is -0.135. The molecule has 2 aromatic carbocycles. The Labute approximate surface area is 155 Å². The van der Waals surface area contributed by atoms with Gasteiger partial charge < -0.3 is 14.4 Å². The summed E-state index contributed by atoms with van der Waals surface area (Å²) in [5.74, 6) is 1.02. The molecule has 6 nitrogen and oxygen atoms in total. The molecule has 3 aromatic rings. The molecule has 0 fully saturated rings. The Kier molecular flexibility index (Phi) is 4.58. The van der Waals surface area contributed by atoms with Gasteiger partial charge in [-0.05, 0) is 30.3 Å². The highest BCUT2D eigenvalue weighted by Crippen LogP contribution is 2.26. The molecule has 0 saturated carbocycles. The zero-order valence-electron chi connectivity index (χ0n) is 13.9. The van der Waals surface area contributed by atoms with Gasteiger partial charge in [0.2, 0.25) is 5.88 Å². The van der Waals surface area contributed by atoms with Crippen LogP contribution >= 0.6 is 11.6 Å². The second-order valence-electron chi connectivity index (χ2n) is 5.90. The number of ether oxygens (including phenoxy) is 2. The number of para-hydroxylation sites is 1. The van der Waals surface area contributed by atoms with Crippen LogP contribution in [-0.4, -0.2) is 40.5 Å². The first-order chi connectivity index (χ1) is 12.7. The molecule has 2 heterocycles. The van der Waals surface area contributed by atoms with E-state index in [0.29, 0.717) is 30.6 Å². The molecule has 0 N–H and O–H groups in total. The first kappa shape index (κ1) is 16.6. The zero-order valence-corrected chi connectivity index (χ0v) is 14.6. The highest BCUT2D eigenvalue weighted by molar-refractivity contribution is 6.30. The number of carbonyl (C=O) groups excluding carboxylic acids is 1. The minimum absolute atomic E-state index is 0.100. The summed E-state index contributed by atoms with van der Waals surface area (Å²) in [6, 6.07) is 12.9. The summed E-state index contributed by atoms with van der Waals surface area (Å²) >= 11 is 6.06. The van der Waals surface area contributed by atoms with E-state index in [1.807, 2.05) is 36.4 Å². The van der Waals surface area contributed by atoms with Gasteiger partial charge in [-0.25, -0.2) is 9.97 Å². The molecule has 0 spiro atoms. The molecule has 132 valence electrons. The van der Waals surface area contributed by atoms with Crippen LogP contribution in [0.25, 0.3) is 10.9 Å². The quantitative estimate of drug-likeness (QED) is 0.710. The van der Waals surface area contributed by atoms with Crippen molar-refractivity contribution in [3.63, 3.8) is 0 Å². The van der Waals surface area contributed by atoms with E-state index in [9.17, 15) is 4.79 Å². The molecule has 4 rings (SSSR count). The van der Waals surface area contributed by atoms with Crippen molar-refractivity contribution in [1.82, 2.24) is 14.9 Å². The third-order valence-corrected chi connectivity index (χ3v) is 4.43. The Balaban J connectivity index is 1.48. The van der Waals surface area contributed by atoms with Crippen LogP contribution in [0.3, 0.4) is 0 Å². The summed E-state index contributed by atoms with van der Waals surface area (Å²) in [7, 11) is 0. The van der Waals surface area contributed by atoms with Gasteiger partial charge in [-0.2, -0.15) is 0 Å². The van der Waals surface area contributed by atoms with E-state index in [4.69, 9.17) is 21.1 Å². The van der Waals surface area contributed by atoms with Crippen LogP contribution in [0.5, 0.6) is 11.6 Å². The van der Waals surface area contributed by atoms with Crippen molar-refractivity contribution in [2.75, 3.05) is 19.8 Å². The van der Waals surface area contributed by atoms with Gasteiger partial charge in [-0.1, -0.05) is 23.7 Å². The zero-order chi connectivity index (χ0) is 17.9. The van der Waals surface area contributed by atoms with Crippen molar-refractivity contribution in [1.29, 1.82) is 0 Å². The predicted molar refractivity (Wildman–Crippen MR) is 97.4 cm³/mol. The molecule has 7 heteroatoms. The third kappa shape index (κ3) is 3.41. The molecule has 1 aliphatic rings. The number of benzene rings is 2. The lowest BCUT2D eigenvalue weighted by molar-refractivity contribution is -0.134. The maximum absolute atomic E-state index is 12.6. The normalized spacial score (nSPS) is 13.7. The van der Waals surface area contributed by atoms with Crippen LogP contribution < -0.4 is 9.47 Å². The highest BCUT2D eigenvalue weighted by Gasteiger charge is 2.21. The Hall–Kier alpha value is -2.86. The first-order valence-electron chi connectivity index (χ1n) is 8.22. The molecule has 1 aliphatic heterocycles. The number of hydrogen-bond acceptors (Lipinski definition) is 5. The summed E-state index contributed by atoms with van der Waals surface area (Å²) in [5, 5.41) is 1.39. The average molecular weight is 370 g/mol. The number of fused-ring (bicyclic) bond motifs is 2. The predicted octanol–water partition coefficient (Wildman–Crippen LogP) is 3.08. The molecular weight excluding hydrogens is 354 g/mol. The number of aromatic nitrogens is 2. The van der Waals surface area contributed by atoms with E-state index in [1.165, 1.54) is 6.33 Å². The van der Waals surface area contributed by atoms with Crippen LogP contribution in [0.4, 0.5) is 0 Å². The fraction of sp³-hybridized carbons (Fsp3) is 0.211. The fourth-order valence-electron chi connectivity index (χ4n) is 2.89. The molecule has 26 heavy (non-hydrogen) atoms. The lowest BCUT2D eigenvalue weighted by Gasteiger charge is -2.20. The van der Waals surface area contributed by atoms with Crippen LogP contribution in [0.2, 0.25) is 5.02 Å². The number of carbonyl (C=O) groups is 1. The summed E-state index contributed by atoms with van der Waals surface area (Å²) < 4.78 is 11.4. The summed E-state index contributed by atoms with van der Waals surface area (Å²) in [6.07, 6.45) is 1.43. The average Bonchev–Trinajstić information content (AvgIpc) is 2.88. The van der Waals surface area contributed by atoms with Gasteiger partial charge in [0.05, 0.1) is 17.4 Å². The van der Waals surface area contributed by atoms with Crippen molar-refractivity contribution in [2.45, 2.75) is 6.54 Å². The SMILES string of the molecule is O=C(COc1ncnc2ccccc12)N1CCOc2ccc(Cl)cc2C1. The molecule has 0 atom stereocenters. The van der Waals surface area contributed by atoms with Crippen LogP contribution in [-0.2, 0) is 11.3 Å². The van der Waals surface area contributed by atoms with Gasteiger partial charge in [0, 0.05) is 17.1 Å². The number of halogens is 1. The van der Waals surface area contributed by atoms with Crippen molar-refractivity contribution in [3.05, 3.63) is 59.4 Å². The fourth-order valence-corrected chi connectivity index (χ4v) is 3.09. The summed E-state index contributed by atoms with van der Waals surface area (Å²) in [5.41, 5.74) is 1.66. The second kappa shape index (κ2) is 7.17. The Morgan fingerprint density at radius 1 is 1.23 bits per heavy atom. The van der Waals surface area contributed by atoms with Crippen molar-refractivity contribution in [3.8, 4) is 11.6 Å². The molecule has 1 aromatic heterocycles. The largest absolute Gasteiger partial charge is 0.491 e. The van der Waals surface area contributed by atoms with E-state index in [0.717, 1.165) is 22.2 Å². The summed E-state index contributed by atoms with van der Waals surface area (Å²) in [4.78, 5) is 22.7. The Bertz CT molecular complexity index is 958. The number of nitrogens with zero attached hydrogens (tertiary/aromatic N) is 3. The summed E-state index contributed by atoms with van der Waals surface area (Å²) in [6.45, 7) is 1.25. The molecule has 0 unspecified atom stereocenters. The van der Waals surface area contributed by atoms with Crippen molar-refractivity contribution >= 4 is 28.4 Å². The van der Waals surface area contributed by atoms with Crippen LogP contribution in [0.1, 0.15) is 5.56 Å². The van der Waals surface area contributed by atoms with E-state index >= 15 is 0 Å². The smallest absolute Gasteiger partial charge is 0.260 e. The monoisotopic (exact) mass is 369 g/mol. The number of rotatable bonds is 3. The van der Waals surface area contributed by atoms with Gasteiger partial charge in [0.15, 0.2) is 6.61 Å². The van der Waals surface area contributed by atoms with Gasteiger partial charge in [0.25, 0.3) is 5.91 Å². The minimum Gasteiger partial charge on any atom is -0.491 e. The first-order valence-corrected chi connectivity index (χ1v) is 8.60. The molecule has 0 saturated heterocycles. The molecular formula is C19H16ClN3O3. The van der Waals surface area contributed by atoms with E-state index in [-0.39, 0.29) is 12.5 Å². The van der Waals surface area contributed by atoms with Crippen molar-refractivity contribution < 1.29 is 14.3 Å². The molecule has 0 aliphatic carbocycles. The van der Waals surface area contributed by atoms with E-state index < -0.39 is 0 Å². The lowest BCUT2D eigenvalue weighted by atomic mass is 10.2. The Morgan fingerprint density at radius 2 is 2.12 bits per heavy atom. The number of amides is 1. The van der Waals surface area contributed by atoms with E-state index in [1.54, 1.807) is 11.0 Å². The lowest BCUT2D eigenvalue weighted by Crippen LogP contribution is -2.36. The molecule has 1 amide bonds. The maximum atomic E-state index is 12.6. The third-order valence-electron chi connectivity index (χ3n) is 4.19. The Morgan fingerprint density at radius 3 is 3.04 bits per heavy atom. The van der Waals surface area contributed by atoms with Gasteiger partial charge in [-0.15, -0.1) is 0 Å². The van der Waals surface area contributed by atoms with Gasteiger partial charge >= 0.3 is 0 Å². The van der Waals surface area contributed by atoms with Crippen LogP contribution in [0, 0.1) is 0 Å². The maximum Gasteiger partial charge on any atom is 0.260 e. The second-order valence-corrected chi connectivity index (χ2v) is 6.34. The van der Waals surface area contributed by atoms with Gasteiger partial charge in [0.1, 0.15) is 18.7 Å². The van der Waals surface area contributed by atoms with Crippen LogP contribution in [0.15, 0.2) is 48.8 Å². The highest BCUT2D eigenvalue weighted by atomic mass is 35.5. The molecule has 0 bridgehead atoms.